The third-order valence-electron chi connectivity index (χ3n) is 4.20. The topological polar surface area (TPSA) is 93.7 Å². The van der Waals surface area contributed by atoms with E-state index < -0.39 is 18.0 Å². The molecular formula is C21H24N2O5. The number of carbonyl (C=O) groups is 3. The summed E-state index contributed by atoms with van der Waals surface area (Å²) >= 11 is 0. The number of aryl methyl sites for hydroxylation is 2. The fourth-order valence-electron chi connectivity index (χ4n) is 2.35. The maximum Gasteiger partial charge on any atom is 0.326 e. The minimum Gasteiger partial charge on any atom is -0.497 e. The van der Waals surface area contributed by atoms with E-state index in [9.17, 15) is 14.4 Å². The molecular weight excluding hydrogens is 360 g/mol. The molecule has 148 valence electrons. The van der Waals surface area contributed by atoms with E-state index >= 15 is 0 Å². The van der Waals surface area contributed by atoms with Crippen molar-refractivity contribution in [3.8, 4) is 5.75 Å². The van der Waals surface area contributed by atoms with Gasteiger partial charge in [0.05, 0.1) is 7.11 Å². The van der Waals surface area contributed by atoms with Gasteiger partial charge in [0.1, 0.15) is 12.3 Å². The van der Waals surface area contributed by atoms with Crippen LogP contribution in [0.1, 0.15) is 28.4 Å². The number of amides is 2. The summed E-state index contributed by atoms with van der Waals surface area (Å²) in [7, 11) is 1.55. The smallest absolute Gasteiger partial charge is 0.326 e. The Balaban J connectivity index is 1.81. The number of hydrogen-bond donors (Lipinski definition) is 2. The lowest BCUT2D eigenvalue weighted by molar-refractivity contribution is -0.152. The van der Waals surface area contributed by atoms with Crippen molar-refractivity contribution in [1.29, 1.82) is 0 Å². The van der Waals surface area contributed by atoms with Gasteiger partial charge in [-0.2, -0.15) is 0 Å². The molecule has 7 heteroatoms. The Morgan fingerprint density at radius 3 is 2.29 bits per heavy atom. The van der Waals surface area contributed by atoms with Gasteiger partial charge in [-0.15, -0.1) is 0 Å². The van der Waals surface area contributed by atoms with Crippen LogP contribution in [0.4, 0.5) is 5.69 Å². The molecule has 2 amide bonds. The highest BCUT2D eigenvalue weighted by Gasteiger charge is 2.18. The first kappa shape index (κ1) is 21.0. The van der Waals surface area contributed by atoms with Gasteiger partial charge in [-0.3, -0.25) is 14.4 Å². The molecule has 0 aliphatic rings. The Labute approximate surface area is 164 Å². The van der Waals surface area contributed by atoms with Crippen LogP contribution in [0.15, 0.2) is 42.5 Å². The lowest BCUT2D eigenvalue weighted by Gasteiger charge is -2.14. The second-order valence-electron chi connectivity index (χ2n) is 6.33. The van der Waals surface area contributed by atoms with Crippen LogP contribution < -0.4 is 15.4 Å². The molecule has 2 rings (SSSR count). The highest BCUT2D eigenvalue weighted by molar-refractivity contribution is 5.97. The van der Waals surface area contributed by atoms with E-state index in [-0.39, 0.29) is 12.5 Å². The molecule has 0 aromatic heterocycles. The van der Waals surface area contributed by atoms with Crippen LogP contribution in [0, 0.1) is 13.8 Å². The number of esters is 1. The van der Waals surface area contributed by atoms with Crippen molar-refractivity contribution in [2.24, 2.45) is 0 Å². The number of methoxy groups -OCH3 is 1. The van der Waals surface area contributed by atoms with Crippen LogP contribution in [-0.4, -0.2) is 37.5 Å². The standard InChI is InChI=1S/C21H24N2O5/c1-13-5-6-16(11-14(13)2)21(26)22-12-19(24)28-15(3)20(25)23-17-7-9-18(27-4)10-8-17/h5-11,15H,12H2,1-4H3,(H,22,26)(H,23,25)/t15-/m1/s1. The molecule has 1 atom stereocenters. The minimum atomic E-state index is -1.01. The largest absolute Gasteiger partial charge is 0.497 e. The summed E-state index contributed by atoms with van der Waals surface area (Å²) in [5, 5.41) is 5.13. The first-order valence-corrected chi connectivity index (χ1v) is 8.80. The average molecular weight is 384 g/mol. The SMILES string of the molecule is COc1ccc(NC(=O)[C@@H](C)OC(=O)CNC(=O)c2ccc(C)c(C)c2)cc1. The molecule has 0 fully saturated rings. The van der Waals surface area contributed by atoms with E-state index in [1.54, 1.807) is 43.5 Å². The second-order valence-corrected chi connectivity index (χ2v) is 6.33. The van der Waals surface area contributed by atoms with Crippen molar-refractivity contribution in [2.75, 3.05) is 19.0 Å². The lowest BCUT2D eigenvalue weighted by atomic mass is 10.1. The van der Waals surface area contributed by atoms with Crippen molar-refractivity contribution in [3.05, 3.63) is 59.2 Å². The third kappa shape index (κ3) is 5.84. The highest BCUT2D eigenvalue weighted by Crippen LogP contribution is 2.15. The number of benzene rings is 2. The van der Waals surface area contributed by atoms with Gasteiger partial charge in [0, 0.05) is 11.3 Å². The number of rotatable bonds is 7. The van der Waals surface area contributed by atoms with E-state index in [1.807, 2.05) is 19.9 Å². The van der Waals surface area contributed by atoms with Gasteiger partial charge in [-0.25, -0.2) is 0 Å². The summed E-state index contributed by atoms with van der Waals surface area (Å²) in [6.45, 7) is 4.99. The number of anilines is 1. The Morgan fingerprint density at radius 2 is 1.68 bits per heavy atom. The van der Waals surface area contributed by atoms with Crippen molar-refractivity contribution >= 4 is 23.5 Å². The zero-order valence-corrected chi connectivity index (χ0v) is 16.4. The van der Waals surface area contributed by atoms with Gasteiger partial charge in [-0.1, -0.05) is 6.07 Å². The number of nitrogens with one attached hydrogen (secondary N) is 2. The minimum absolute atomic E-state index is 0.327. The summed E-state index contributed by atoms with van der Waals surface area (Å²) < 4.78 is 10.1. The van der Waals surface area contributed by atoms with Crippen LogP contribution in [0.5, 0.6) is 5.75 Å². The molecule has 7 nitrogen and oxygen atoms in total. The third-order valence-corrected chi connectivity index (χ3v) is 4.20. The van der Waals surface area contributed by atoms with Gasteiger partial charge in [0.2, 0.25) is 0 Å². The molecule has 0 aliphatic heterocycles. The zero-order chi connectivity index (χ0) is 20.7. The Hall–Kier alpha value is -3.35. The van der Waals surface area contributed by atoms with Crippen molar-refractivity contribution in [3.63, 3.8) is 0 Å². The summed E-state index contributed by atoms with van der Waals surface area (Å²) in [6.07, 6.45) is -1.01. The first-order chi connectivity index (χ1) is 13.3. The maximum atomic E-state index is 12.1. The molecule has 2 N–H and O–H groups in total. The number of ether oxygens (including phenoxy) is 2. The summed E-state index contributed by atoms with van der Waals surface area (Å²) in [5.74, 6) is -0.888. The quantitative estimate of drug-likeness (QED) is 0.716. The van der Waals surface area contributed by atoms with E-state index in [2.05, 4.69) is 10.6 Å². The van der Waals surface area contributed by atoms with Gasteiger partial charge in [0.25, 0.3) is 11.8 Å². The number of hydrogen-bond acceptors (Lipinski definition) is 5. The molecule has 0 bridgehead atoms. The molecule has 28 heavy (non-hydrogen) atoms. The summed E-state index contributed by atoms with van der Waals surface area (Å²) in [4.78, 5) is 36.2. The van der Waals surface area contributed by atoms with Crippen molar-refractivity contribution in [1.82, 2.24) is 5.32 Å². The molecule has 0 unspecified atom stereocenters. The van der Waals surface area contributed by atoms with Crippen LogP contribution in [0.25, 0.3) is 0 Å². The molecule has 0 aliphatic carbocycles. The normalized spacial score (nSPS) is 11.3. The predicted molar refractivity (Wildman–Crippen MR) is 105 cm³/mol. The van der Waals surface area contributed by atoms with E-state index in [4.69, 9.17) is 9.47 Å². The van der Waals surface area contributed by atoms with Crippen LogP contribution in [-0.2, 0) is 14.3 Å². The van der Waals surface area contributed by atoms with Gasteiger partial charge >= 0.3 is 5.97 Å². The molecule has 0 heterocycles. The van der Waals surface area contributed by atoms with Crippen molar-refractivity contribution < 1.29 is 23.9 Å². The fourth-order valence-corrected chi connectivity index (χ4v) is 2.35. The first-order valence-electron chi connectivity index (χ1n) is 8.80. The molecule has 0 saturated heterocycles. The fraction of sp³-hybridized carbons (Fsp3) is 0.286. The van der Waals surface area contributed by atoms with Crippen molar-refractivity contribution in [2.45, 2.75) is 26.9 Å². The molecule has 0 radical (unpaired) electrons. The highest BCUT2D eigenvalue weighted by atomic mass is 16.5. The lowest BCUT2D eigenvalue weighted by Crippen LogP contribution is -2.35. The Morgan fingerprint density at radius 1 is 1.00 bits per heavy atom. The Bertz CT molecular complexity index is 862. The maximum absolute atomic E-state index is 12.1. The van der Waals surface area contributed by atoms with Crippen LogP contribution in [0.3, 0.4) is 0 Å². The second kappa shape index (κ2) is 9.55. The van der Waals surface area contributed by atoms with Gasteiger partial charge in [0.15, 0.2) is 6.10 Å². The number of carbonyl (C=O) groups excluding carboxylic acids is 3. The van der Waals surface area contributed by atoms with E-state index in [0.717, 1.165) is 11.1 Å². The van der Waals surface area contributed by atoms with Gasteiger partial charge < -0.3 is 20.1 Å². The average Bonchev–Trinajstić information content (AvgIpc) is 2.68. The molecule has 0 spiro atoms. The molecule has 2 aromatic carbocycles. The van der Waals surface area contributed by atoms with E-state index in [0.29, 0.717) is 17.0 Å². The Kier molecular flexibility index (Phi) is 7.14. The van der Waals surface area contributed by atoms with Crippen LogP contribution >= 0.6 is 0 Å². The zero-order valence-electron chi connectivity index (χ0n) is 16.4. The predicted octanol–water partition coefficient (Wildman–Crippen LogP) is 2.61. The monoisotopic (exact) mass is 384 g/mol. The molecule has 2 aromatic rings. The van der Waals surface area contributed by atoms with E-state index in [1.165, 1.54) is 6.92 Å². The summed E-state index contributed by atoms with van der Waals surface area (Å²) in [5.41, 5.74) is 3.07. The molecule has 0 saturated carbocycles. The van der Waals surface area contributed by atoms with Crippen LogP contribution in [0.2, 0.25) is 0 Å². The van der Waals surface area contributed by atoms with Gasteiger partial charge in [-0.05, 0) is 68.3 Å². The summed E-state index contributed by atoms with van der Waals surface area (Å²) in [6, 6.07) is 12.0.